The van der Waals surface area contributed by atoms with E-state index in [1.54, 1.807) is 5.57 Å². The van der Waals surface area contributed by atoms with Crippen LogP contribution in [0.15, 0.2) is 11.6 Å². The molecule has 5 aliphatic rings. The first kappa shape index (κ1) is 24.3. The second-order valence-corrected chi connectivity index (χ2v) is 14.7. The first-order chi connectivity index (χ1) is 15.3. The van der Waals surface area contributed by atoms with Crippen molar-refractivity contribution in [2.75, 3.05) is 6.61 Å². The second kappa shape index (κ2) is 7.32. The second-order valence-electron chi connectivity index (χ2n) is 14.7. The van der Waals surface area contributed by atoms with E-state index in [1.165, 1.54) is 12.8 Å². The number of fused-ring (bicyclic) bond motifs is 7. The fourth-order valence-corrected chi connectivity index (χ4v) is 11.0. The molecule has 0 aromatic heterocycles. The van der Waals surface area contributed by atoms with Crippen LogP contribution in [0.25, 0.3) is 0 Å². The monoisotopic (exact) mass is 458 g/mol. The van der Waals surface area contributed by atoms with Gasteiger partial charge in [0.2, 0.25) is 0 Å². The summed E-state index contributed by atoms with van der Waals surface area (Å²) in [5.41, 5.74) is 2.14. The summed E-state index contributed by atoms with van der Waals surface area (Å²) in [6, 6.07) is 0. The van der Waals surface area contributed by atoms with Gasteiger partial charge in [-0.3, -0.25) is 0 Å². The van der Waals surface area contributed by atoms with Gasteiger partial charge in [-0.1, -0.05) is 60.1 Å². The molecule has 188 valence electrons. The van der Waals surface area contributed by atoms with E-state index in [0.717, 1.165) is 38.5 Å². The maximum absolute atomic E-state index is 10.9. The van der Waals surface area contributed by atoms with Crippen molar-refractivity contribution in [1.82, 2.24) is 0 Å². The van der Waals surface area contributed by atoms with E-state index in [-0.39, 0.29) is 51.8 Å². The summed E-state index contributed by atoms with van der Waals surface area (Å²) < 4.78 is 0. The van der Waals surface area contributed by atoms with E-state index in [1.807, 2.05) is 0 Å². The molecule has 3 heteroatoms. The molecule has 0 saturated heterocycles. The SMILES string of the molecule is C[C@H]1[C@H](C)[C@H]2C3=CC[C@@H]4[C@@]5(C)CC[C@H](O)C(C)(C)C5CC[C@@]4(C)[C@]3(C)CC[C@@]2(CO)C[C@H]1O. The molecule has 0 heterocycles. The Kier molecular flexibility index (Phi) is 5.40. The van der Waals surface area contributed by atoms with Crippen molar-refractivity contribution in [1.29, 1.82) is 0 Å². The molecule has 0 aliphatic heterocycles. The number of rotatable bonds is 1. The minimum Gasteiger partial charge on any atom is -0.396 e. The summed E-state index contributed by atoms with van der Waals surface area (Å²) in [4.78, 5) is 0. The van der Waals surface area contributed by atoms with Crippen LogP contribution in [-0.2, 0) is 0 Å². The first-order valence-corrected chi connectivity index (χ1v) is 14.0. The highest BCUT2D eigenvalue weighted by atomic mass is 16.3. The maximum Gasteiger partial charge on any atom is 0.0594 e. The third-order valence-electron chi connectivity index (χ3n) is 13.5. The lowest BCUT2D eigenvalue weighted by Gasteiger charge is -2.71. The normalized spacial score (nSPS) is 57.8. The number of allylic oxidation sites excluding steroid dienone is 2. The van der Waals surface area contributed by atoms with Crippen LogP contribution in [-0.4, -0.2) is 34.1 Å². The largest absolute Gasteiger partial charge is 0.396 e. The Balaban J connectivity index is 1.59. The van der Waals surface area contributed by atoms with Crippen LogP contribution >= 0.6 is 0 Å². The molecule has 33 heavy (non-hydrogen) atoms. The number of hydrogen-bond donors (Lipinski definition) is 3. The predicted molar refractivity (Wildman–Crippen MR) is 133 cm³/mol. The van der Waals surface area contributed by atoms with Crippen LogP contribution in [0, 0.1) is 56.7 Å². The van der Waals surface area contributed by atoms with E-state index in [2.05, 4.69) is 54.5 Å². The van der Waals surface area contributed by atoms with Gasteiger partial charge in [0.15, 0.2) is 0 Å². The van der Waals surface area contributed by atoms with Gasteiger partial charge < -0.3 is 15.3 Å². The van der Waals surface area contributed by atoms with Crippen molar-refractivity contribution >= 4 is 0 Å². The molecule has 5 rings (SSSR count). The Labute approximate surface area is 202 Å². The van der Waals surface area contributed by atoms with Gasteiger partial charge in [-0.25, -0.2) is 0 Å². The summed E-state index contributed by atoms with van der Waals surface area (Å²) in [7, 11) is 0. The summed E-state index contributed by atoms with van der Waals surface area (Å²) in [5, 5.41) is 32.4. The van der Waals surface area contributed by atoms with Gasteiger partial charge >= 0.3 is 0 Å². The summed E-state index contributed by atoms with van der Waals surface area (Å²) in [6.07, 6.45) is 10.7. The lowest BCUT2D eigenvalue weighted by Crippen LogP contribution is -2.65. The average molecular weight is 459 g/mol. The van der Waals surface area contributed by atoms with E-state index in [9.17, 15) is 15.3 Å². The van der Waals surface area contributed by atoms with Gasteiger partial charge in [0.05, 0.1) is 12.2 Å². The van der Waals surface area contributed by atoms with Gasteiger partial charge in [-0.2, -0.15) is 0 Å². The van der Waals surface area contributed by atoms with Crippen LogP contribution in [0.3, 0.4) is 0 Å². The third kappa shape index (κ3) is 2.85. The first-order valence-electron chi connectivity index (χ1n) is 14.0. The third-order valence-corrected chi connectivity index (χ3v) is 13.5. The van der Waals surface area contributed by atoms with Crippen LogP contribution in [0.1, 0.15) is 99.8 Å². The molecule has 0 aromatic carbocycles. The molecule has 1 unspecified atom stereocenters. The zero-order valence-corrected chi connectivity index (χ0v) is 22.3. The van der Waals surface area contributed by atoms with Crippen molar-refractivity contribution in [3.05, 3.63) is 11.6 Å². The minimum atomic E-state index is -0.300. The minimum absolute atomic E-state index is 0.0126. The predicted octanol–water partition coefficient (Wildman–Crippen LogP) is 5.97. The molecule has 0 aromatic rings. The molecule has 0 amide bonds. The lowest BCUT2D eigenvalue weighted by molar-refractivity contribution is -0.208. The number of aliphatic hydroxyl groups is 3. The van der Waals surface area contributed by atoms with Crippen LogP contribution in [0.4, 0.5) is 0 Å². The molecule has 5 aliphatic carbocycles. The topological polar surface area (TPSA) is 60.7 Å². The molecule has 4 fully saturated rings. The zero-order valence-electron chi connectivity index (χ0n) is 22.3. The Morgan fingerprint density at radius 1 is 0.879 bits per heavy atom. The van der Waals surface area contributed by atoms with Crippen LogP contribution in [0.2, 0.25) is 0 Å². The molecule has 0 radical (unpaired) electrons. The fraction of sp³-hybridized carbons (Fsp3) is 0.933. The van der Waals surface area contributed by atoms with Crippen molar-refractivity contribution in [2.45, 2.75) is 112 Å². The van der Waals surface area contributed by atoms with Gasteiger partial charge in [0, 0.05) is 12.0 Å². The van der Waals surface area contributed by atoms with Gasteiger partial charge in [0.25, 0.3) is 0 Å². The van der Waals surface area contributed by atoms with Crippen LogP contribution in [0.5, 0.6) is 0 Å². The molecular formula is C30H50O3. The Hall–Kier alpha value is -0.380. The Bertz CT molecular complexity index is 832. The Morgan fingerprint density at radius 3 is 2.24 bits per heavy atom. The highest BCUT2D eigenvalue weighted by molar-refractivity contribution is 5.34. The zero-order chi connectivity index (χ0) is 24.2. The fourth-order valence-electron chi connectivity index (χ4n) is 11.0. The van der Waals surface area contributed by atoms with Gasteiger partial charge in [-0.15, -0.1) is 0 Å². The van der Waals surface area contributed by atoms with Gasteiger partial charge in [0.1, 0.15) is 0 Å². The van der Waals surface area contributed by atoms with Gasteiger partial charge in [-0.05, 0) is 103 Å². The molecule has 4 saturated carbocycles. The standard InChI is InChI=1S/C30H50O3/c1-18-19(2)25-20-8-9-23-27(5)12-11-24(33)26(3,4)22(27)10-13-29(23,7)28(20,6)14-15-30(25,17-31)16-21(18)32/h8,18-19,21-25,31-33H,9-17H2,1-7H3/t18-,19-,21+,22?,23+,24-,25-,27-,28+,29+,30-/m0/s1. The van der Waals surface area contributed by atoms with Crippen molar-refractivity contribution in [3.8, 4) is 0 Å². The van der Waals surface area contributed by atoms with Crippen LogP contribution < -0.4 is 0 Å². The average Bonchev–Trinajstić information content (AvgIpc) is 2.75. The molecule has 3 nitrogen and oxygen atoms in total. The summed E-state index contributed by atoms with van der Waals surface area (Å²) in [6.45, 7) is 17.2. The van der Waals surface area contributed by atoms with Crippen molar-refractivity contribution in [2.24, 2.45) is 56.7 Å². The van der Waals surface area contributed by atoms with Crippen molar-refractivity contribution in [3.63, 3.8) is 0 Å². The maximum atomic E-state index is 10.9. The Morgan fingerprint density at radius 2 is 1.58 bits per heavy atom. The molecule has 0 bridgehead atoms. The molecule has 11 atom stereocenters. The van der Waals surface area contributed by atoms with E-state index in [0.29, 0.717) is 23.7 Å². The molecule has 0 spiro atoms. The summed E-state index contributed by atoms with van der Waals surface area (Å²) >= 11 is 0. The highest BCUT2D eigenvalue weighted by Gasteiger charge is 2.68. The highest BCUT2D eigenvalue weighted by Crippen LogP contribution is 2.75. The smallest absolute Gasteiger partial charge is 0.0594 e. The summed E-state index contributed by atoms with van der Waals surface area (Å²) in [5.74, 6) is 2.27. The number of aliphatic hydroxyl groups excluding tert-OH is 3. The molecular weight excluding hydrogens is 408 g/mol. The van der Waals surface area contributed by atoms with E-state index < -0.39 is 0 Å². The quantitative estimate of drug-likeness (QED) is 0.424. The molecule has 3 N–H and O–H groups in total. The van der Waals surface area contributed by atoms with E-state index >= 15 is 0 Å². The number of hydrogen-bond acceptors (Lipinski definition) is 3. The lowest BCUT2D eigenvalue weighted by atomic mass is 9.33. The van der Waals surface area contributed by atoms with E-state index in [4.69, 9.17) is 0 Å². The van der Waals surface area contributed by atoms with Crippen molar-refractivity contribution < 1.29 is 15.3 Å².